The van der Waals surface area contributed by atoms with Crippen LogP contribution >= 0.6 is 0 Å². The van der Waals surface area contributed by atoms with E-state index in [-0.39, 0.29) is 11.4 Å². The molecule has 1 aromatic heterocycles. The third kappa shape index (κ3) is 3.43. The number of hydrogen-bond donors (Lipinski definition) is 1. The Morgan fingerprint density at radius 2 is 2.00 bits per heavy atom. The molecule has 1 N–H and O–H groups in total. The molecule has 0 aliphatic rings. The summed E-state index contributed by atoms with van der Waals surface area (Å²) < 4.78 is 41.1. The highest BCUT2D eigenvalue weighted by Crippen LogP contribution is 2.24. The van der Waals surface area contributed by atoms with Gasteiger partial charge in [0, 0.05) is 6.07 Å². The molecule has 9 heteroatoms. The molecule has 2 aromatic rings. The lowest BCUT2D eigenvalue weighted by Crippen LogP contribution is -2.28. The van der Waals surface area contributed by atoms with E-state index in [1.165, 1.54) is 19.1 Å². The van der Waals surface area contributed by atoms with Crippen molar-refractivity contribution in [2.75, 3.05) is 0 Å². The van der Waals surface area contributed by atoms with Crippen molar-refractivity contribution >= 4 is 5.97 Å². The second kappa shape index (κ2) is 5.51. The maximum absolute atomic E-state index is 12.2. The third-order valence-corrected chi connectivity index (χ3v) is 2.56. The minimum Gasteiger partial charge on any atom is -0.477 e. The molecule has 0 fully saturated rings. The number of rotatable bonds is 3. The number of benzene rings is 1. The van der Waals surface area contributed by atoms with Gasteiger partial charge >= 0.3 is 12.3 Å². The summed E-state index contributed by atoms with van der Waals surface area (Å²) in [4.78, 5) is 23.0. The number of halogens is 3. The molecule has 6 nitrogen and oxygen atoms in total. The SMILES string of the molecule is Cc1cc(C(=O)O)c(=O)n(-c2cccc(OC(F)(F)F)c2)n1. The molecule has 116 valence electrons. The fourth-order valence-electron chi connectivity index (χ4n) is 1.76. The molecule has 0 amide bonds. The van der Waals surface area contributed by atoms with Crippen LogP contribution in [0.1, 0.15) is 16.1 Å². The lowest BCUT2D eigenvalue weighted by Gasteiger charge is -2.11. The van der Waals surface area contributed by atoms with Crippen molar-refractivity contribution in [3.05, 3.63) is 51.9 Å². The van der Waals surface area contributed by atoms with Crippen LogP contribution in [0.2, 0.25) is 0 Å². The predicted octanol–water partition coefficient (Wildman–Crippen LogP) is 2.14. The number of aryl methyl sites for hydroxylation is 1. The molecule has 0 saturated carbocycles. The summed E-state index contributed by atoms with van der Waals surface area (Å²) in [6.07, 6.45) is -4.88. The van der Waals surface area contributed by atoms with Crippen molar-refractivity contribution in [3.63, 3.8) is 0 Å². The van der Waals surface area contributed by atoms with Crippen LogP contribution in [0.15, 0.2) is 35.1 Å². The topological polar surface area (TPSA) is 81.4 Å². The fourth-order valence-corrected chi connectivity index (χ4v) is 1.76. The normalized spacial score (nSPS) is 11.3. The Kier molecular flexibility index (Phi) is 3.89. The van der Waals surface area contributed by atoms with Crippen LogP contribution < -0.4 is 10.3 Å². The lowest BCUT2D eigenvalue weighted by molar-refractivity contribution is -0.274. The van der Waals surface area contributed by atoms with E-state index in [1.807, 2.05) is 0 Å². The largest absolute Gasteiger partial charge is 0.573 e. The molecule has 0 aliphatic carbocycles. The molecule has 1 aromatic carbocycles. The molecular weight excluding hydrogens is 305 g/mol. The zero-order chi connectivity index (χ0) is 16.5. The Morgan fingerprint density at radius 1 is 1.32 bits per heavy atom. The molecule has 0 saturated heterocycles. The quantitative estimate of drug-likeness (QED) is 0.938. The van der Waals surface area contributed by atoms with Crippen LogP contribution in [0.4, 0.5) is 13.2 Å². The van der Waals surface area contributed by atoms with Crippen molar-refractivity contribution < 1.29 is 27.8 Å². The van der Waals surface area contributed by atoms with Gasteiger partial charge in [-0.2, -0.15) is 9.78 Å². The highest BCUT2D eigenvalue weighted by Gasteiger charge is 2.31. The molecule has 1 heterocycles. The van der Waals surface area contributed by atoms with Crippen molar-refractivity contribution in [1.82, 2.24) is 9.78 Å². The number of aromatic nitrogens is 2. The molecule has 0 unspecified atom stereocenters. The summed E-state index contributed by atoms with van der Waals surface area (Å²) >= 11 is 0. The highest BCUT2D eigenvalue weighted by molar-refractivity contribution is 5.87. The average molecular weight is 314 g/mol. The monoisotopic (exact) mass is 314 g/mol. The molecule has 0 aliphatic heterocycles. The fraction of sp³-hybridized carbons (Fsp3) is 0.154. The first-order valence-corrected chi connectivity index (χ1v) is 5.88. The van der Waals surface area contributed by atoms with Gasteiger partial charge in [-0.15, -0.1) is 13.2 Å². The van der Waals surface area contributed by atoms with Gasteiger partial charge in [0.25, 0.3) is 5.56 Å². The second-order valence-corrected chi connectivity index (χ2v) is 4.27. The summed E-state index contributed by atoms with van der Waals surface area (Å²) in [6, 6.07) is 5.61. The maximum Gasteiger partial charge on any atom is 0.573 e. The highest BCUT2D eigenvalue weighted by atomic mass is 19.4. The van der Waals surface area contributed by atoms with E-state index in [0.29, 0.717) is 4.68 Å². The van der Waals surface area contributed by atoms with Crippen molar-refractivity contribution in [3.8, 4) is 11.4 Å². The second-order valence-electron chi connectivity index (χ2n) is 4.27. The summed E-state index contributed by atoms with van der Waals surface area (Å²) in [5.41, 5.74) is -1.31. The number of hydrogen-bond acceptors (Lipinski definition) is 4. The van der Waals surface area contributed by atoms with E-state index < -0.39 is 29.2 Å². The number of ether oxygens (including phenoxy) is 1. The summed E-state index contributed by atoms with van der Waals surface area (Å²) in [5.74, 6) is -2.00. The number of carboxylic acid groups (broad SMARTS) is 1. The van der Waals surface area contributed by atoms with Crippen LogP contribution in [0.5, 0.6) is 5.75 Å². The Balaban J connectivity index is 2.55. The molecule has 22 heavy (non-hydrogen) atoms. The predicted molar refractivity (Wildman–Crippen MR) is 68.2 cm³/mol. The number of carbonyl (C=O) groups is 1. The van der Waals surface area contributed by atoms with Gasteiger partial charge in [-0.3, -0.25) is 4.79 Å². The van der Waals surface area contributed by atoms with Gasteiger partial charge in [-0.25, -0.2) is 4.79 Å². The first kappa shape index (κ1) is 15.5. The van der Waals surface area contributed by atoms with Gasteiger partial charge in [0.1, 0.15) is 11.3 Å². The van der Waals surface area contributed by atoms with Gasteiger partial charge in [-0.05, 0) is 25.1 Å². The standard InChI is InChI=1S/C13H9F3N2O4/c1-7-5-10(12(20)21)11(19)18(17-7)8-3-2-4-9(6-8)22-13(14,15)16/h2-6H,1H3,(H,20,21). The van der Waals surface area contributed by atoms with Crippen LogP contribution in [0.25, 0.3) is 5.69 Å². The van der Waals surface area contributed by atoms with Gasteiger partial charge < -0.3 is 9.84 Å². The smallest absolute Gasteiger partial charge is 0.477 e. The van der Waals surface area contributed by atoms with Crippen molar-refractivity contribution in [1.29, 1.82) is 0 Å². The Bertz CT molecular complexity index is 784. The van der Waals surface area contributed by atoms with E-state index in [2.05, 4.69) is 9.84 Å². The summed E-state index contributed by atoms with van der Waals surface area (Å²) in [7, 11) is 0. The first-order valence-electron chi connectivity index (χ1n) is 5.88. The maximum atomic E-state index is 12.2. The Hall–Kier alpha value is -2.84. The van der Waals surface area contributed by atoms with Crippen LogP contribution in [0, 0.1) is 6.92 Å². The van der Waals surface area contributed by atoms with Gasteiger partial charge in [0.2, 0.25) is 0 Å². The van der Waals surface area contributed by atoms with Crippen LogP contribution in [0.3, 0.4) is 0 Å². The molecule has 0 spiro atoms. The van der Waals surface area contributed by atoms with Crippen LogP contribution in [-0.4, -0.2) is 27.2 Å². The molecule has 0 bridgehead atoms. The van der Waals surface area contributed by atoms with Gasteiger partial charge in [0.05, 0.1) is 11.4 Å². The van der Waals surface area contributed by atoms with Gasteiger partial charge in [-0.1, -0.05) is 6.07 Å². The molecular formula is C13H9F3N2O4. The molecule has 2 rings (SSSR count). The lowest BCUT2D eigenvalue weighted by atomic mass is 10.2. The zero-order valence-corrected chi connectivity index (χ0v) is 11.1. The number of aromatic carboxylic acids is 1. The van der Waals surface area contributed by atoms with E-state index in [0.717, 1.165) is 18.2 Å². The average Bonchev–Trinajstić information content (AvgIpc) is 2.39. The Morgan fingerprint density at radius 3 is 2.59 bits per heavy atom. The summed E-state index contributed by atoms with van der Waals surface area (Å²) in [6.45, 7) is 1.46. The molecule has 0 atom stereocenters. The van der Waals surface area contributed by atoms with Crippen LogP contribution in [-0.2, 0) is 0 Å². The van der Waals surface area contributed by atoms with Crippen molar-refractivity contribution in [2.45, 2.75) is 13.3 Å². The number of nitrogens with zero attached hydrogens (tertiary/aromatic N) is 2. The van der Waals surface area contributed by atoms with Crippen molar-refractivity contribution in [2.24, 2.45) is 0 Å². The first-order chi connectivity index (χ1) is 10.2. The van der Waals surface area contributed by atoms with E-state index in [9.17, 15) is 22.8 Å². The van der Waals surface area contributed by atoms with E-state index >= 15 is 0 Å². The minimum absolute atomic E-state index is 0.0436. The van der Waals surface area contributed by atoms with Gasteiger partial charge in [0.15, 0.2) is 0 Å². The number of carboxylic acids is 1. The molecule has 0 radical (unpaired) electrons. The van der Waals surface area contributed by atoms with E-state index in [4.69, 9.17) is 5.11 Å². The zero-order valence-electron chi connectivity index (χ0n) is 11.1. The minimum atomic E-state index is -4.88. The third-order valence-electron chi connectivity index (χ3n) is 2.56. The number of alkyl halides is 3. The summed E-state index contributed by atoms with van der Waals surface area (Å²) in [5, 5.41) is 12.8. The Labute approximate surface area is 121 Å². The van der Waals surface area contributed by atoms with E-state index in [1.54, 1.807) is 0 Å².